The van der Waals surface area contributed by atoms with Crippen LogP contribution in [0, 0.1) is 0 Å². The molecule has 0 fully saturated rings. The molecule has 8 nitrogen and oxygen atoms in total. The summed E-state index contributed by atoms with van der Waals surface area (Å²) in [5.41, 5.74) is 7.21. The number of furan rings is 1. The number of aliphatic hydroxyl groups excluding tert-OH is 1. The number of hydrogen-bond donors (Lipinski definition) is 2. The molecular formula is C15H18N6O2. The maximum Gasteiger partial charge on any atom is 0.220 e. The van der Waals surface area contributed by atoms with Gasteiger partial charge in [0.25, 0.3) is 0 Å². The minimum atomic E-state index is -0.0639. The number of hydrogen-bond acceptors (Lipinski definition) is 7. The van der Waals surface area contributed by atoms with Crippen LogP contribution in [0.15, 0.2) is 28.9 Å². The quantitative estimate of drug-likeness (QED) is 0.736. The smallest absolute Gasteiger partial charge is 0.220 e. The second kappa shape index (κ2) is 6.17. The summed E-state index contributed by atoms with van der Waals surface area (Å²) in [5.74, 6) is 1.89. The van der Waals surface area contributed by atoms with E-state index < -0.39 is 0 Å². The van der Waals surface area contributed by atoms with Crippen molar-refractivity contribution < 1.29 is 9.52 Å². The Bertz CT molecular complexity index is 794. The van der Waals surface area contributed by atoms with Gasteiger partial charge in [0, 0.05) is 5.69 Å². The maximum absolute atomic E-state index is 9.26. The molecule has 3 heterocycles. The van der Waals surface area contributed by atoms with Gasteiger partial charge in [0.15, 0.2) is 11.6 Å². The fourth-order valence-corrected chi connectivity index (χ4v) is 2.19. The first-order valence-electron chi connectivity index (χ1n) is 7.33. The monoisotopic (exact) mass is 314 g/mol. The lowest BCUT2D eigenvalue weighted by atomic mass is 10.1. The number of anilines is 1. The van der Waals surface area contributed by atoms with Crippen molar-refractivity contribution in [1.29, 1.82) is 0 Å². The minimum Gasteiger partial charge on any atom is -0.461 e. The third-order valence-corrected chi connectivity index (χ3v) is 3.31. The lowest BCUT2D eigenvalue weighted by Crippen LogP contribution is -2.09. The molecule has 0 atom stereocenters. The van der Waals surface area contributed by atoms with Gasteiger partial charge in [0.1, 0.15) is 5.69 Å². The fraction of sp³-hybridized carbons (Fsp3) is 0.333. The van der Waals surface area contributed by atoms with Crippen LogP contribution in [0.3, 0.4) is 0 Å². The summed E-state index contributed by atoms with van der Waals surface area (Å²) < 4.78 is 6.92. The first kappa shape index (κ1) is 15.2. The molecule has 0 aromatic carbocycles. The van der Waals surface area contributed by atoms with Crippen molar-refractivity contribution in [2.75, 3.05) is 12.3 Å². The normalized spacial score (nSPS) is 11.3. The summed E-state index contributed by atoms with van der Waals surface area (Å²) in [6.07, 6.45) is 1.56. The van der Waals surface area contributed by atoms with Crippen LogP contribution in [-0.4, -0.2) is 36.4 Å². The topological polar surface area (TPSA) is 116 Å². The molecule has 0 aliphatic rings. The summed E-state index contributed by atoms with van der Waals surface area (Å²) >= 11 is 0. The molecule has 3 N–H and O–H groups in total. The van der Waals surface area contributed by atoms with Crippen LogP contribution < -0.4 is 5.73 Å². The van der Waals surface area contributed by atoms with Crippen molar-refractivity contribution in [2.45, 2.75) is 26.3 Å². The summed E-state index contributed by atoms with van der Waals surface area (Å²) in [6.45, 7) is 4.28. The van der Waals surface area contributed by atoms with Crippen LogP contribution in [0.2, 0.25) is 0 Å². The Hall–Kier alpha value is -2.74. The Labute approximate surface area is 133 Å². The molecular weight excluding hydrogens is 296 g/mol. The Kier molecular flexibility index (Phi) is 4.07. The molecule has 0 unspecified atom stereocenters. The molecule has 0 radical (unpaired) electrons. The van der Waals surface area contributed by atoms with Gasteiger partial charge in [0.05, 0.1) is 19.4 Å². The highest BCUT2D eigenvalue weighted by Crippen LogP contribution is 2.24. The largest absolute Gasteiger partial charge is 0.461 e. The van der Waals surface area contributed by atoms with Gasteiger partial charge in [0.2, 0.25) is 11.8 Å². The first-order chi connectivity index (χ1) is 11.1. The van der Waals surface area contributed by atoms with E-state index in [1.165, 1.54) is 0 Å². The highest BCUT2D eigenvalue weighted by Gasteiger charge is 2.18. The molecule has 0 aliphatic carbocycles. The molecule has 0 bridgehead atoms. The van der Waals surface area contributed by atoms with Crippen LogP contribution in [0.1, 0.15) is 25.5 Å². The predicted molar refractivity (Wildman–Crippen MR) is 84.3 cm³/mol. The Balaban J connectivity index is 2.11. The van der Waals surface area contributed by atoms with Crippen molar-refractivity contribution in [1.82, 2.24) is 24.7 Å². The van der Waals surface area contributed by atoms with Gasteiger partial charge in [-0.25, -0.2) is 19.6 Å². The average molecular weight is 314 g/mol. The van der Waals surface area contributed by atoms with Gasteiger partial charge < -0.3 is 15.3 Å². The maximum atomic E-state index is 9.26. The molecule has 3 rings (SSSR count). The number of rotatable bonds is 5. The highest BCUT2D eigenvalue weighted by molar-refractivity contribution is 5.57. The number of nitrogens with zero attached hydrogens (tertiary/aromatic N) is 5. The van der Waals surface area contributed by atoms with E-state index in [0.29, 0.717) is 29.6 Å². The molecule has 0 saturated carbocycles. The molecule has 0 spiro atoms. The van der Waals surface area contributed by atoms with Crippen LogP contribution in [-0.2, 0) is 6.54 Å². The second-order valence-electron chi connectivity index (χ2n) is 5.37. The molecule has 120 valence electrons. The molecule has 0 amide bonds. The lowest BCUT2D eigenvalue weighted by molar-refractivity contribution is 0.270. The molecule has 0 saturated heterocycles. The molecule has 23 heavy (non-hydrogen) atoms. The van der Waals surface area contributed by atoms with E-state index in [9.17, 15) is 5.11 Å². The third-order valence-electron chi connectivity index (χ3n) is 3.31. The standard InChI is InChI=1S/C15H18N6O2/c1-9(2)10-8-11(18-15(16)17-10)14-19-13(12-4-3-7-23-12)20-21(14)5-6-22/h3-4,7-9,22H,5-6H2,1-2H3,(H2,16,17,18). The van der Waals surface area contributed by atoms with Gasteiger partial charge in [-0.1, -0.05) is 13.8 Å². The minimum absolute atomic E-state index is 0.0639. The number of aromatic nitrogens is 5. The van der Waals surface area contributed by atoms with Gasteiger partial charge in [-0.3, -0.25) is 0 Å². The Morgan fingerprint density at radius 2 is 2.13 bits per heavy atom. The zero-order chi connectivity index (χ0) is 16.4. The average Bonchev–Trinajstić information content (AvgIpc) is 3.15. The van der Waals surface area contributed by atoms with E-state index in [2.05, 4.69) is 20.1 Å². The van der Waals surface area contributed by atoms with Gasteiger partial charge in [-0.2, -0.15) is 0 Å². The number of aliphatic hydroxyl groups is 1. The number of nitrogens with two attached hydrogens (primary N) is 1. The SMILES string of the molecule is CC(C)c1cc(-c2nc(-c3ccco3)nn2CCO)nc(N)n1. The van der Waals surface area contributed by atoms with E-state index in [-0.39, 0.29) is 18.5 Å². The summed E-state index contributed by atoms with van der Waals surface area (Å²) in [4.78, 5) is 13.0. The predicted octanol–water partition coefficient (Wildman–Crippen LogP) is 1.69. The van der Waals surface area contributed by atoms with Crippen LogP contribution in [0.5, 0.6) is 0 Å². The summed E-state index contributed by atoms with van der Waals surface area (Å²) in [5, 5.41) is 13.6. The summed E-state index contributed by atoms with van der Waals surface area (Å²) in [6, 6.07) is 5.38. The number of nitrogen functional groups attached to an aromatic ring is 1. The van der Waals surface area contributed by atoms with Crippen LogP contribution in [0.4, 0.5) is 5.95 Å². The fourth-order valence-electron chi connectivity index (χ4n) is 2.19. The van der Waals surface area contributed by atoms with E-state index in [1.807, 2.05) is 19.9 Å². The van der Waals surface area contributed by atoms with Crippen molar-refractivity contribution in [3.8, 4) is 23.1 Å². The first-order valence-corrected chi connectivity index (χ1v) is 7.33. The molecule has 3 aromatic heterocycles. The second-order valence-corrected chi connectivity index (χ2v) is 5.37. The lowest BCUT2D eigenvalue weighted by Gasteiger charge is -2.08. The summed E-state index contributed by atoms with van der Waals surface area (Å²) in [7, 11) is 0. The van der Waals surface area contributed by atoms with E-state index >= 15 is 0 Å². The molecule has 0 aliphatic heterocycles. The van der Waals surface area contributed by atoms with Gasteiger partial charge in [-0.15, -0.1) is 5.10 Å². The molecule has 3 aromatic rings. The van der Waals surface area contributed by atoms with Gasteiger partial charge in [-0.05, 0) is 24.1 Å². The van der Waals surface area contributed by atoms with E-state index in [0.717, 1.165) is 5.69 Å². The zero-order valence-electron chi connectivity index (χ0n) is 13.0. The van der Waals surface area contributed by atoms with Crippen molar-refractivity contribution >= 4 is 5.95 Å². The molecule has 8 heteroatoms. The van der Waals surface area contributed by atoms with Crippen molar-refractivity contribution in [3.63, 3.8) is 0 Å². The Morgan fingerprint density at radius 3 is 2.78 bits per heavy atom. The Morgan fingerprint density at radius 1 is 1.30 bits per heavy atom. The van der Waals surface area contributed by atoms with Crippen LogP contribution >= 0.6 is 0 Å². The van der Waals surface area contributed by atoms with Crippen molar-refractivity contribution in [2.24, 2.45) is 0 Å². The van der Waals surface area contributed by atoms with Crippen LogP contribution in [0.25, 0.3) is 23.1 Å². The van der Waals surface area contributed by atoms with E-state index in [1.54, 1.807) is 23.1 Å². The van der Waals surface area contributed by atoms with Crippen molar-refractivity contribution in [3.05, 3.63) is 30.2 Å². The van der Waals surface area contributed by atoms with Gasteiger partial charge >= 0.3 is 0 Å². The highest BCUT2D eigenvalue weighted by atomic mass is 16.3. The van der Waals surface area contributed by atoms with E-state index in [4.69, 9.17) is 10.2 Å². The third kappa shape index (κ3) is 3.07. The zero-order valence-corrected chi connectivity index (χ0v) is 13.0.